The van der Waals surface area contributed by atoms with Gasteiger partial charge in [0.1, 0.15) is 5.75 Å². The third-order valence-corrected chi connectivity index (χ3v) is 3.79. The van der Waals surface area contributed by atoms with Crippen molar-refractivity contribution in [1.82, 2.24) is 5.32 Å². The monoisotopic (exact) mass is 356 g/mol. The van der Waals surface area contributed by atoms with Gasteiger partial charge >= 0.3 is 12.4 Å². The molecule has 0 aromatic heterocycles. The molecular formula is C16H15F3N2O2S. The van der Waals surface area contributed by atoms with Crippen molar-refractivity contribution in [3.05, 3.63) is 54.1 Å². The number of alkyl halides is 3. The molecule has 0 aliphatic heterocycles. The predicted molar refractivity (Wildman–Crippen MR) is 87.2 cm³/mol. The topological polar surface area (TPSA) is 50.4 Å². The molecule has 0 aliphatic rings. The Morgan fingerprint density at radius 2 is 1.79 bits per heavy atom. The smallest absolute Gasteiger partial charge is 0.405 e. The number of nitrogens with one attached hydrogen (secondary N) is 2. The van der Waals surface area contributed by atoms with Gasteiger partial charge in [0.25, 0.3) is 0 Å². The van der Waals surface area contributed by atoms with Crippen molar-refractivity contribution in [2.45, 2.75) is 17.8 Å². The van der Waals surface area contributed by atoms with E-state index in [1.54, 1.807) is 18.2 Å². The first kappa shape index (κ1) is 18.0. The van der Waals surface area contributed by atoms with E-state index in [0.717, 1.165) is 4.90 Å². The summed E-state index contributed by atoms with van der Waals surface area (Å²) in [6.07, 6.45) is -2.90. The van der Waals surface area contributed by atoms with Gasteiger partial charge in [-0.3, -0.25) is 0 Å². The number of carbonyl (C=O) groups excluding carboxylic acids is 1. The Labute approximate surface area is 141 Å². The number of anilines is 1. The van der Waals surface area contributed by atoms with Crippen molar-refractivity contribution in [3.8, 4) is 5.75 Å². The Kier molecular flexibility index (Phi) is 5.97. The number of benzene rings is 2. The molecule has 0 fully saturated rings. The van der Waals surface area contributed by atoms with E-state index in [1.165, 1.54) is 30.0 Å². The van der Waals surface area contributed by atoms with Crippen LogP contribution in [0.2, 0.25) is 0 Å². The molecule has 0 saturated heterocycles. The molecule has 2 rings (SSSR count). The van der Waals surface area contributed by atoms with Crippen LogP contribution >= 0.6 is 11.8 Å². The number of para-hydroxylation sites is 2. The normalized spacial score (nSPS) is 11.0. The molecule has 0 bridgehead atoms. The maximum atomic E-state index is 12.4. The van der Waals surface area contributed by atoms with Crippen LogP contribution in [0.1, 0.15) is 5.56 Å². The molecule has 0 aliphatic carbocycles. The first-order chi connectivity index (χ1) is 11.4. The van der Waals surface area contributed by atoms with Gasteiger partial charge < -0.3 is 15.4 Å². The second kappa shape index (κ2) is 7.96. The van der Waals surface area contributed by atoms with Crippen LogP contribution in [0.3, 0.4) is 0 Å². The number of ether oxygens (including phenoxy) is 1. The van der Waals surface area contributed by atoms with Crippen LogP contribution in [0, 0.1) is 0 Å². The van der Waals surface area contributed by atoms with E-state index < -0.39 is 12.4 Å². The molecule has 2 amide bonds. The van der Waals surface area contributed by atoms with Gasteiger partial charge in [0, 0.05) is 17.0 Å². The number of urea groups is 1. The summed E-state index contributed by atoms with van der Waals surface area (Å²) in [5, 5.41) is 5.18. The number of hydrogen-bond donors (Lipinski definition) is 2. The van der Waals surface area contributed by atoms with Crippen LogP contribution in [-0.2, 0) is 6.54 Å². The summed E-state index contributed by atoms with van der Waals surface area (Å²) >= 11 is 1.47. The number of carbonyl (C=O) groups is 1. The quantitative estimate of drug-likeness (QED) is 0.768. The molecule has 0 unspecified atom stereocenters. The molecular weight excluding hydrogens is 341 g/mol. The van der Waals surface area contributed by atoms with Crippen LogP contribution in [0.25, 0.3) is 0 Å². The number of hydrogen-bond acceptors (Lipinski definition) is 3. The molecule has 0 saturated carbocycles. The minimum absolute atomic E-state index is 0.0977. The van der Waals surface area contributed by atoms with Crippen LogP contribution in [-0.4, -0.2) is 18.6 Å². The van der Waals surface area contributed by atoms with E-state index in [9.17, 15) is 18.0 Å². The Morgan fingerprint density at radius 3 is 2.50 bits per heavy atom. The number of halogens is 3. The fourth-order valence-electron chi connectivity index (χ4n) is 1.96. The molecule has 4 nitrogen and oxygen atoms in total. The zero-order chi connectivity index (χ0) is 17.6. The zero-order valence-corrected chi connectivity index (χ0v) is 13.5. The van der Waals surface area contributed by atoms with Gasteiger partial charge in [-0.15, -0.1) is 24.9 Å². The van der Waals surface area contributed by atoms with Crippen LogP contribution in [0.4, 0.5) is 23.7 Å². The van der Waals surface area contributed by atoms with Gasteiger partial charge in [-0.1, -0.05) is 30.3 Å². The van der Waals surface area contributed by atoms with Gasteiger partial charge in [0.15, 0.2) is 0 Å². The molecule has 128 valence electrons. The molecule has 2 N–H and O–H groups in total. The molecule has 0 radical (unpaired) electrons. The van der Waals surface area contributed by atoms with Gasteiger partial charge in [-0.05, 0) is 24.5 Å². The van der Waals surface area contributed by atoms with Crippen LogP contribution < -0.4 is 15.4 Å². The first-order valence-electron chi connectivity index (χ1n) is 6.90. The zero-order valence-electron chi connectivity index (χ0n) is 12.7. The maximum absolute atomic E-state index is 12.4. The number of thioether (sulfide) groups is 1. The van der Waals surface area contributed by atoms with Gasteiger partial charge in [-0.25, -0.2) is 4.79 Å². The standard InChI is InChI=1S/C16H15F3N2O2S/c1-24-14-9-5-3-7-12(14)21-15(22)20-10-11-6-2-4-8-13(11)23-16(17,18)19/h2-9H,10H2,1H3,(H2,20,21,22). The lowest BCUT2D eigenvalue weighted by Crippen LogP contribution is -2.29. The summed E-state index contributed by atoms with van der Waals surface area (Å²) in [6, 6.07) is 12.4. The van der Waals surface area contributed by atoms with Crippen molar-refractivity contribution in [2.24, 2.45) is 0 Å². The Balaban J connectivity index is 1.99. The minimum Gasteiger partial charge on any atom is -0.405 e. The Bertz CT molecular complexity index is 708. The van der Waals surface area contributed by atoms with Crippen LogP contribution in [0.15, 0.2) is 53.4 Å². The van der Waals surface area contributed by atoms with Gasteiger partial charge in [0.2, 0.25) is 0 Å². The van der Waals surface area contributed by atoms with E-state index in [4.69, 9.17) is 0 Å². The fourth-order valence-corrected chi connectivity index (χ4v) is 2.52. The highest BCUT2D eigenvalue weighted by Crippen LogP contribution is 2.26. The summed E-state index contributed by atoms with van der Waals surface area (Å²) in [5.41, 5.74) is 0.852. The van der Waals surface area contributed by atoms with Gasteiger partial charge in [-0.2, -0.15) is 0 Å². The van der Waals surface area contributed by atoms with Crippen molar-refractivity contribution in [3.63, 3.8) is 0 Å². The summed E-state index contributed by atoms with van der Waals surface area (Å²) in [4.78, 5) is 12.8. The summed E-state index contributed by atoms with van der Waals surface area (Å²) in [7, 11) is 0. The lowest BCUT2D eigenvalue weighted by atomic mass is 10.2. The molecule has 24 heavy (non-hydrogen) atoms. The molecule has 0 heterocycles. The first-order valence-corrected chi connectivity index (χ1v) is 8.13. The molecule has 0 atom stereocenters. The largest absolute Gasteiger partial charge is 0.573 e. The number of amides is 2. The third kappa shape index (κ3) is 5.38. The highest BCUT2D eigenvalue weighted by atomic mass is 32.2. The fraction of sp³-hybridized carbons (Fsp3) is 0.188. The summed E-state index contributed by atoms with van der Waals surface area (Å²) < 4.78 is 41.0. The van der Waals surface area contributed by atoms with Crippen molar-refractivity contribution >= 4 is 23.5 Å². The lowest BCUT2D eigenvalue weighted by molar-refractivity contribution is -0.274. The summed E-state index contributed by atoms with van der Waals surface area (Å²) in [6.45, 7) is -0.0977. The van der Waals surface area contributed by atoms with E-state index in [1.807, 2.05) is 18.4 Å². The van der Waals surface area contributed by atoms with E-state index in [-0.39, 0.29) is 17.9 Å². The molecule has 8 heteroatoms. The second-order valence-electron chi connectivity index (χ2n) is 4.66. The third-order valence-electron chi connectivity index (χ3n) is 2.99. The van der Waals surface area contributed by atoms with E-state index in [2.05, 4.69) is 15.4 Å². The van der Waals surface area contributed by atoms with Crippen molar-refractivity contribution in [2.75, 3.05) is 11.6 Å². The predicted octanol–water partition coefficient (Wildman–Crippen LogP) is 4.63. The average molecular weight is 356 g/mol. The number of rotatable bonds is 5. The van der Waals surface area contributed by atoms with E-state index in [0.29, 0.717) is 5.69 Å². The van der Waals surface area contributed by atoms with Crippen molar-refractivity contribution in [1.29, 1.82) is 0 Å². The SMILES string of the molecule is CSc1ccccc1NC(=O)NCc1ccccc1OC(F)(F)F. The summed E-state index contributed by atoms with van der Waals surface area (Å²) in [5.74, 6) is -0.338. The second-order valence-corrected chi connectivity index (χ2v) is 5.51. The minimum atomic E-state index is -4.78. The average Bonchev–Trinajstić information content (AvgIpc) is 2.53. The lowest BCUT2D eigenvalue weighted by Gasteiger charge is -2.14. The van der Waals surface area contributed by atoms with Crippen molar-refractivity contribution < 1.29 is 22.7 Å². The van der Waals surface area contributed by atoms with Crippen LogP contribution in [0.5, 0.6) is 5.75 Å². The highest BCUT2D eigenvalue weighted by molar-refractivity contribution is 7.98. The van der Waals surface area contributed by atoms with E-state index >= 15 is 0 Å². The molecule has 2 aromatic rings. The molecule has 0 spiro atoms. The molecule has 2 aromatic carbocycles. The highest BCUT2D eigenvalue weighted by Gasteiger charge is 2.31. The Hall–Kier alpha value is -2.35. The maximum Gasteiger partial charge on any atom is 0.573 e. The Morgan fingerprint density at radius 1 is 1.12 bits per heavy atom. The van der Waals surface area contributed by atoms with Gasteiger partial charge in [0.05, 0.1) is 5.69 Å².